The Labute approximate surface area is 183 Å². The summed E-state index contributed by atoms with van der Waals surface area (Å²) in [6.45, 7) is 4.10. The molecule has 1 aromatic heterocycles. The number of carbonyl (C=O) groups excluding carboxylic acids is 3. The molecule has 3 amide bonds. The number of anilines is 2. The zero-order valence-electron chi connectivity index (χ0n) is 17.3. The van der Waals surface area contributed by atoms with Crippen molar-refractivity contribution in [1.82, 2.24) is 9.88 Å². The van der Waals surface area contributed by atoms with Crippen molar-refractivity contribution < 1.29 is 14.4 Å². The second-order valence-electron chi connectivity index (χ2n) is 8.13. The minimum atomic E-state index is -0.748. The van der Waals surface area contributed by atoms with Gasteiger partial charge in [0.15, 0.2) is 0 Å². The molecule has 31 heavy (non-hydrogen) atoms. The lowest BCUT2D eigenvalue weighted by molar-refractivity contribution is -0.117. The van der Waals surface area contributed by atoms with Crippen LogP contribution in [-0.2, 0) is 9.59 Å². The smallest absolute Gasteiger partial charge is 0.257 e. The molecule has 1 N–H and O–H groups in total. The summed E-state index contributed by atoms with van der Waals surface area (Å²) in [6.07, 6.45) is 1.08. The monoisotopic (exact) mass is 434 g/mol. The normalized spacial score (nSPS) is 20.2. The van der Waals surface area contributed by atoms with Gasteiger partial charge < -0.3 is 10.2 Å². The largest absolute Gasteiger partial charge is 0.326 e. The lowest BCUT2D eigenvalue weighted by Gasteiger charge is -2.48. The summed E-state index contributed by atoms with van der Waals surface area (Å²) in [6, 6.07) is 12.8. The third kappa shape index (κ3) is 3.18. The number of aromatic nitrogens is 1. The number of thiazole rings is 1. The molecule has 0 saturated carbocycles. The molecule has 1 fully saturated rings. The molecule has 0 bridgehead atoms. The predicted octanol–water partition coefficient (Wildman–Crippen LogP) is 3.93. The van der Waals surface area contributed by atoms with E-state index in [1.807, 2.05) is 44.2 Å². The Morgan fingerprint density at radius 3 is 2.87 bits per heavy atom. The first-order valence-corrected chi connectivity index (χ1v) is 11.1. The first-order valence-electron chi connectivity index (χ1n) is 10.3. The maximum Gasteiger partial charge on any atom is 0.257 e. The van der Waals surface area contributed by atoms with Gasteiger partial charge in [-0.15, -0.1) is 11.3 Å². The van der Waals surface area contributed by atoms with Crippen molar-refractivity contribution in [3.05, 3.63) is 53.0 Å². The van der Waals surface area contributed by atoms with Gasteiger partial charge >= 0.3 is 0 Å². The van der Waals surface area contributed by atoms with Crippen LogP contribution in [0, 0.1) is 6.92 Å². The number of fused-ring (bicyclic) bond motifs is 4. The van der Waals surface area contributed by atoms with Gasteiger partial charge in [-0.1, -0.05) is 12.1 Å². The van der Waals surface area contributed by atoms with Crippen LogP contribution in [0.15, 0.2) is 42.5 Å². The number of hydrogen-bond donors (Lipinski definition) is 1. The van der Waals surface area contributed by atoms with Crippen molar-refractivity contribution in [1.29, 1.82) is 0 Å². The molecular weight excluding hydrogens is 412 g/mol. The van der Waals surface area contributed by atoms with Crippen LogP contribution in [0.3, 0.4) is 0 Å². The second kappa shape index (κ2) is 7.16. The van der Waals surface area contributed by atoms with Crippen LogP contribution < -0.4 is 10.2 Å². The van der Waals surface area contributed by atoms with E-state index in [1.165, 1.54) is 0 Å². The van der Waals surface area contributed by atoms with Gasteiger partial charge in [0.25, 0.3) is 5.91 Å². The van der Waals surface area contributed by atoms with Crippen molar-refractivity contribution in [3.63, 3.8) is 0 Å². The Hall–Kier alpha value is -3.26. The lowest BCUT2D eigenvalue weighted by atomic mass is 9.98. The van der Waals surface area contributed by atoms with Crippen molar-refractivity contribution in [3.8, 4) is 0 Å². The molecular formula is C23H22N4O3S. The highest BCUT2D eigenvalue weighted by molar-refractivity contribution is 7.18. The molecule has 0 aliphatic carbocycles. The molecule has 1 saturated heterocycles. The number of carbonyl (C=O) groups is 3. The van der Waals surface area contributed by atoms with E-state index in [4.69, 9.17) is 0 Å². The minimum absolute atomic E-state index is 0.00468. The maximum atomic E-state index is 13.2. The van der Waals surface area contributed by atoms with Crippen LogP contribution in [0.5, 0.6) is 0 Å². The van der Waals surface area contributed by atoms with Gasteiger partial charge in [-0.3, -0.25) is 19.3 Å². The number of aryl methyl sites for hydroxylation is 1. The van der Waals surface area contributed by atoms with E-state index in [1.54, 1.807) is 33.3 Å². The number of rotatable bonds is 4. The molecule has 2 aliphatic heterocycles. The fraction of sp³-hybridized carbons (Fsp3) is 0.304. The van der Waals surface area contributed by atoms with Crippen molar-refractivity contribution in [2.45, 2.75) is 38.8 Å². The van der Waals surface area contributed by atoms with Gasteiger partial charge in [0.05, 0.1) is 26.5 Å². The Kier molecular flexibility index (Phi) is 4.55. The Bertz CT molecular complexity index is 1240. The van der Waals surface area contributed by atoms with E-state index in [0.29, 0.717) is 29.8 Å². The van der Waals surface area contributed by atoms with E-state index in [-0.39, 0.29) is 30.7 Å². The fourth-order valence-electron chi connectivity index (χ4n) is 4.60. The molecule has 158 valence electrons. The number of hydrogen-bond acceptors (Lipinski definition) is 5. The van der Waals surface area contributed by atoms with Gasteiger partial charge in [-0.25, -0.2) is 4.98 Å². The summed E-state index contributed by atoms with van der Waals surface area (Å²) in [7, 11) is 0. The Morgan fingerprint density at radius 2 is 2.03 bits per heavy atom. The standard InChI is InChI=1S/C23H22N4O3S/c1-14-24-17-8-7-15(13-19(17)31-14)25-20(28)10-12-26-22(30)16-5-3-4-6-18(16)27-21(29)9-11-23(26,27)2/h3-8,13H,9-12H2,1-2H3,(H,25,28). The number of nitrogens with zero attached hydrogens (tertiary/aromatic N) is 3. The highest BCUT2D eigenvalue weighted by atomic mass is 32.1. The second-order valence-corrected chi connectivity index (χ2v) is 9.37. The molecule has 7 nitrogen and oxygen atoms in total. The molecule has 2 aliphatic rings. The van der Waals surface area contributed by atoms with E-state index < -0.39 is 5.66 Å². The molecule has 0 spiro atoms. The Morgan fingerprint density at radius 1 is 1.23 bits per heavy atom. The number of nitrogens with one attached hydrogen (secondary N) is 1. The number of benzene rings is 2. The first-order chi connectivity index (χ1) is 14.9. The zero-order valence-corrected chi connectivity index (χ0v) is 18.2. The van der Waals surface area contributed by atoms with Crippen LogP contribution in [-0.4, -0.2) is 39.8 Å². The Balaban J connectivity index is 1.34. The summed E-state index contributed by atoms with van der Waals surface area (Å²) in [5.74, 6) is -0.310. The van der Waals surface area contributed by atoms with Crippen molar-refractivity contribution in [2.75, 3.05) is 16.8 Å². The summed E-state index contributed by atoms with van der Waals surface area (Å²) in [5.41, 5.74) is 2.03. The van der Waals surface area contributed by atoms with E-state index in [0.717, 1.165) is 15.2 Å². The molecule has 8 heteroatoms. The first kappa shape index (κ1) is 19.7. The van der Waals surface area contributed by atoms with Crippen LogP contribution in [0.1, 0.15) is 41.6 Å². The van der Waals surface area contributed by atoms with Gasteiger partial charge in [0, 0.05) is 25.1 Å². The third-order valence-corrected chi connectivity index (χ3v) is 7.02. The van der Waals surface area contributed by atoms with E-state index in [2.05, 4.69) is 10.3 Å². The van der Waals surface area contributed by atoms with Crippen LogP contribution >= 0.6 is 11.3 Å². The average molecular weight is 435 g/mol. The fourth-order valence-corrected chi connectivity index (χ4v) is 5.46. The van der Waals surface area contributed by atoms with Gasteiger partial charge in [0.1, 0.15) is 5.66 Å². The third-order valence-electron chi connectivity index (χ3n) is 6.09. The minimum Gasteiger partial charge on any atom is -0.326 e. The number of para-hydroxylation sites is 1. The van der Waals surface area contributed by atoms with Gasteiger partial charge in [0.2, 0.25) is 11.8 Å². The highest BCUT2D eigenvalue weighted by Gasteiger charge is 2.52. The van der Waals surface area contributed by atoms with Crippen LogP contribution in [0.2, 0.25) is 0 Å². The van der Waals surface area contributed by atoms with Crippen molar-refractivity contribution in [2.24, 2.45) is 0 Å². The maximum absolute atomic E-state index is 13.2. The average Bonchev–Trinajstić information content (AvgIpc) is 3.26. The quantitative estimate of drug-likeness (QED) is 0.674. The number of amides is 3. The topological polar surface area (TPSA) is 82.6 Å². The lowest BCUT2D eigenvalue weighted by Crippen LogP contribution is -2.62. The van der Waals surface area contributed by atoms with Crippen LogP contribution in [0.4, 0.5) is 11.4 Å². The highest BCUT2D eigenvalue weighted by Crippen LogP contribution is 2.44. The molecule has 5 rings (SSSR count). The van der Waals surface area contributed by atoms with Crippen LogP contribution in [0.25, 0.3) is 10.2 Å². The van der Waals surface area contributed by atoms with E-state index >= 15 is 0 Å². The van der Waals surface area contributed by atoms with Gasteiger partial charge in [-0.05, 0) is 50.6 Å². The summed E-state index contributed by atoms with van der Waals surface area (Å²) in [5, 5.41) is 3.90. The molecule has 3 heterocycles. The SMILES string of the molecule is Cc1nc2ccc(NC(=O)CCN3C(=O)c4ccccc4N4C(=O)CCC34C)cc2s1. The van der Waals surface area contributed by atoms with Crippen molar-refractivity contribution >= 4 is 50.6 Å². The van der Waals surface area contributed by atoms with E-state index in [9.17, 15) is 14.4 Å². The molecule has 3 aromatic rings. The molecule has 2 aromatic carbocycles. The summed E-state index contributed by atoms with van der Waals surface area (Å²) < 4.78 is 1.02. The summed E-state index contributed by atoms with van der Waals surface area (Å²) >= 11 is 1.58. The predicted molar refractivity (Wildman–Crippen MR) is 120 cm³/mol. The van der Waals surface area contributed by atoms with Gasteiger partial charge in [-0.2, -0.15) is 0 Å². The summed E-state index contributed by atoms with van der Waals surface area (Å²) in [4.78, 5) is 46.4. The molecule has 1 unspecified atom stereocenters. The zero-order chi connectivity index (χ0) is 21.8. The molecule has 1 atom stereocenters. The molecule has 0 radical (unpaired) electrons.